The van der Waals surface area contributed by atoms with Gasteiger partial charge < -0.3 is 4.98 Å². The largest absolute Gasteiger partial charge is 0.328 e. The van der Waals surface area contributed by atoms with Crippen molar-refractivity contribution >= 4 is 34.7 Å². The molecule has 1 N–H and O–H groups in total. The highest BCUT2D eigenvalue weighted by molar-refractivity contribution is 7.71. The first-order valence-corrected chi connectivity index (χ1v) is 7.66. The molecule has 3 aromatic heterocycles. The van der Waals surface area contributed by atoms with Crippen molar-refractivity contribution in [2.75, 3.05) is 0 Å². The van der Waals surface area contributed by atoms with Crippen molar-refractivity contribution in [3.8, 4) is 0 Å². The molecule has 0 saturated heterocycles. The fourth-order valence-corrected chi connectivity index (χ4v) is 3.34. The van der Waals surface area contributed by atoms with Gasteiger partial charge in [0.05, 0.1) is 12.2 Å². The molecule has 0 bridgehead atoms. The van der Waals surface area contributed by atoms with E-state index in [1.807, 2.05) is 11.7 Å². The summed E-state index contributed by atoms with van der Waals surface area (Å²) < 4.78 is 4.83. The summed E-state index contributed by atoms with van der Waals surface area (Å²) in [5.41, 5.74) is 3.28. The van der Waals surface area contributed by atoms with Crippen LogP contribution >= 0.6 is 23.6 Å². The molecule has 0 aliphatic carbocycles. The number of hydrogen-bond donors (Lipinski definition) is 1. The van der Waals surface area contributed by atoms with E-state index in [9.17, 15) is 0 Å². The second kappa shape index (κ2) is 4.94. The smallest absolute Gasteiger partial charge is 0.179 e. The molecule has 0 radical (unpaired) electrons. The Morgan fingerprint density at radius 3 is 3.00 bits per heavy atom. The van der Waals surface area contributed by atoms with E-state index in [-0.39, 0.29) is 0 Å². The van der Waals surface area contributed by atoms with E-state index in [0.29, 0.717) is 0 Å². The normalized spacial score (nSPS) is 11.5. The molecule has 0 unspecified atom stereocenters. The summed E-state index contributed by atoms with van der Waals surface area (Å²) in [7, 11) is 1.98. The molecule has 0 aliphatic rings. The van der Waals surface area contributed by atoms with E-state index in [0.717, 1.165) is 41.0 Å². The molecular weight excluding hydrogens is 276 g/mol. The highest BCUT2D eigenvalue weighted by atomic mass is 32.1. The van der Waals surface area contributed by atoms with Gasteiger partial charge in [-0.25, -0.2) is 0 Å². The van der Waals surface area contributed by atoms with Crippen LogP contribution in [0.2, 0.25) is 0 Å². The Kier molecular flexibility index (Phi) is 3.28. The minimum Gasteiger partial charge on any atom is -0.328 e. The summed E-state index contributed by atoms with van der Waals surface area (Å²) in [6.45, 7) is 2.97. The monoisotopic (exact) mass is 292 g/mol. The lowest BCUT2D eigenvalue weighted by molar-refractivity contribution is 0.706. The molecule has 0 saturated carbocycles. The predicted octanol–water partition coefficient (Wildman–Crippen LogP) is 3.49. The molecule has 0 fully saturated rings. The summed E-state index contributed by atoms with van der Waals surface area (Å²) >= 11 is 7.20. The van der Waals surface area contributed by atoms with Gasteiger partial charge in [0.2, 0.25) is 0 Å². The number of H-pyrrole nitrogens is 1. The van der Waals surface area contributed by atoms with Crippen molar-refractivity contribution in [1.82, 2.24) is 19.3 Å². The third-order valence-electron chi connectivity index (χ3n) is 3.20. The molecule has 0 atom stereocenters. The Morgan fingerprint density at radius 1 is 1.47 bits per heavy atom. The maximum atomic E-state index is 5.45. The van der Waals surface area contributed by atoms with Crippen molar-refractivity contribution in [3.63, 3.8) is 0 Å². The lowest BCUT2D eigenvalue weighted by atomic mass is 10.2. The molecular formula is C13H16N4S2. The first-order chi connectivity index (χ1) is 9.20. The Balaban J connectivity index is 2.14. The summed E-state index contributed by atoms with van der Waals surface area (Å²) in [6.07, 6.45) is 2.06. The zero-order chi connectivity index (χ0) is 13.4. The van der Waals surface area contributed by atoms with Crippen LogP contribution in [0.5, 0.6) is 0 Å². The number of aromatic nitrogens is 4. The Morgan fingerprint density at radius 2 is 2.32 bits per heavy atom. The van der Waals surface area contributed by atoms with Crippen LogP contribution in [0, 0.1) is 4.77 Å². The Bertz CT molecular complexity index is 746. The van der Waals surface area contributed by atoms with Gasteiger partial charge >= 0.3 is 0 Å². The highest BCUT2D eigenvalue weighted by Crippen LogP contribution is 2.21. The van der Waals surface area contributed by atoms with Gasteiger partial charge in [0.1, 0.15) is 5.52 Å². The number of nitrogens with zero attached hydrogens (tertiary/aromatic N) is 3. The van der Waals surface area contributed by atoms with Gasteiger partial charge in [0, 0.05) is 11.9 Å². The van der Waals surface area contributed by atoms with Gasteiger partial charge in [-0.3, -0.25) is 9.25 Å². The fraction of sp³-hybridized carbons (Fsp3) is 0.385. The standard InChI is InChI=1S/C13H16N4S2/c1-3-5-10-11-12(16(2)15-10)17(13(18)14-11)8-9-6-4-7-19-9/h4,6-7H,3,5,8H2,1-2H3,(H,14,18). The maximum absolute atomic E-state index is 5.45. The van der Waals surface area contributed by atoms with Crippen molar-refractivity contribution in [2.24, 2.45) is 7.05 Å². The van der Waals surface area contributed by atoms with Gasteiger partial charge in [-0.05, 0) is 30.1 Å². The second-order valence-corrected chi connectivity index (χ2v) is 6.03. The van der Waals surface area contributed by atoms with E-state index in [4.69, 9.17) is 12.2 Å². The first-order valence-electron chi connectivity index (χ1n) is 6.37. The molecule has 6 heteroatoms. The van der Waals surface area contributed by atoms with Gasteiger partial charge in [-0.15, -0.1) is 11.3 Å². The van der Waals surface area contributed by atoms with Gasteiger partial charge in [-0.2, -0.15) is 5.10 Å². The minimum atomic E-state index is 0.772. The molecule has 3 heterocycles. The van der Waals surface area contributed by atoms with Crippen molar-refractivity contribution in [2.45, 2.75) is 26.3 Å². The number of imidazole rings is 1. The predicted molar refractivity (Wildman–Crippen MR) is 81.3 cm³/mol. The number of aromatic amines is 1. The second-order valence-electron chi connectivity index (χ2n) is 4.61. The number of thiophene rings is 1. The van der Waals surface area contributed by atoms with E-state index in [1.165, 1.54) is 4.88 Å². The summed E-state index contributed by atoms with van der Waals surface area (Å²) in [4.78, 5) is 4.61. The minimum absolute atomic E-state index is 0.772. The topological polar surface area (TPSA) is 38.5 Å². The van der Waals surface area contributed by atoms with Crippen LogP contribution in [0.1, 0.15) is 23.9 Å². The van der Waals surface area contributed by atoms with Crippen molar-refractivity contribution < 1.29 is 0 Å². The number of fused-ring (bicyclic) bond motifs is 1. The average molecular weight is 292 g/mol. The first kappa shape index (κ1) is 12.6. The molecule has 3 rings (SSSR count). The van der Waals surface area contributed by atoms with Crippen molar-refractivity contribution in [1.29, 1.82) is 0 Å². The average Bonchev–Trinajstić information content (AvgIpc) is 3.04. The zero-order valence-electron chi connectivity index (χ0n) is 11.0. The van der Waals surface area contributed by atoms with Crippen LogP contribution in [0.4, 0.5) is 0 Å². The lowest BCUT2D eigenvalue weighted by Gasteiger charge is -2.02. The van der Waals surface area contributed by atoms with Gasteiger partial charge in [0.15, 0.2) is 10.4 Å². The molecule has 0 aliphatic heterocycles. The number of hydrogen-bond acceptors (Lipinski definition) is 3. The summed E-state index contributed by atoms with van der Waals surface area (Å²) in [5.74, 6) is 0. The van der Waals surface area contributed by atoms with Crippen LogP contribution < -0.4 is 0 Å². The SMILES string of the molecule is CCCc1nn(C)c2c1[nH]c(=S)n2Cc1cccs1. The van der Waals surface area contributed by atoms with E-state index in [1.54, 1.807) is 11.3 Å². The highest BCUT2D eigenvalue weighted by Gasteiger charge is 2.15. The van der Waals surface area contributed by atoms with Crippen LogP contribution in [0.3, 0.4) is 0 Å². The van der Waals surface area contributed by atoms with Crippen molar-refractivity contribution in [3.05, 3.63) is 32.9 Å². The van der Waals surface area contributed by atoms with Gasteiger partial charge in [-0.1, -0.05) is 19.4 Å². The molecule has 4 nitrogen and oxygen atoms in total. The number of rotatable bonds is 4. The van der Waals surface area contributed by atoms with E-state index >= 15 is 0 Å². The molecule has 0 amide bonds. The fourth-order valence-electron chi connectivity index (χ4n) is 2.39. The molecule has 0 spiro atoms. The molecule has 19 heavy (non-hydrogen) atoms. The molecule has 0 aromatic carbocycles. The summed E-state index contributed by atoms with van der Waals surface area (Å²) in [5, 5.41) is 6.68. The van der Waals surface area contributed by atoms with Gasteiger partial charge in [0.25, 0.3) is 0 Å². The van der Waals surface area contributed by atoms with Crippen LogP contribution in [-0.2, 0) is 20.0 Å². The lowest BCUT2D eigenvalue weighted by Crippen LogP contribution is -2.03. The quantitative estimate of drug-likeness (QED) is 0.748. The van der Waals surface area contributed by atoms with E-state index < -0.39 is 0 Å². The molecule has 3 aromatic rings. The summed E-state index contributed by atoms with van der Waals surface area (Å²) in [6, 6.07) is 4.20. The van der Waals surface area contributed by atoms with Crippen LogP contribution in [0.25, 0.3) is 11.2 Å². The number of aryl methyl sites for hydroxylation is 2. The number of nitrogens with one attached hydrogen (secondary N) is 1. The van der Waals surface area contributed by atoms with E-state index in [2.05, 4.69) is 39.1 Å². The zero-order valence-corrected chi connectivity index (χ0v) is 12.6. The van der Waals surface area contributed by atoms with Crippen LogP contribution in [0.15, 0.2) is 17.5 Å². The third-order valence-corrected chi connectivity index (χ3v) is 4.39. The Labute approximate surface area is 120 Å². The Hall–Kier alpha value is -1.40. The molecule has 100 valence electrons. The van der Waals surface area contributed by atoms with Crippen LogP contribution in [-0.4, -0.2) is 19.3 Å². The third kappa shape index (κ3) is 2.15. The maximum Gasteiger partial charge on any atom is 0.179 e.